The standard InChI is InChI=1S/C16H29NO3/c1-5-14(18)13(11-12-9-7-6-8-10-12)17-15(19)20-16(2,3)4/h5,12-14,18H,1,6-11H2,2-4H3,(H,17,19)/t13-,14-/m0/s1. The maximum atomic E-state index is 11.9. The molecule has 0 radical (unpaired) electrons. The molecule has 0 saturated heterocycles. The molecule has 1 amide bonds. The van der Waals surface area contributed by atoms with Gasteiger partial charge in [0.25, 0.3) is 0 Å². The molecule has 1 fully saturated rings. The van der Waals surface area contributed by atoms with Gasteiger partial charge < -0.3 is 15.2 Å². The average Bonchev–Trinajstić information content (AvgIpc) is 2.36. The van der Waals surface area contributed by atoms with Crippen LogP contribution in [0.15, 0.2) is 12.7 Å². The first-order valence-electron chi connectivity index (χ1n) is 7.62. The van der Waals surface area contributed by atoms with Crippen LogP contribution in [-0.2, 0) is 4.74 Å². The predicted molar refractivity (Wildman–Crippen MR) is 80.6 cm³/mol. The largest absolute Gasteiger partial charge is 0.444 e. The molecule has 4 heteroatoms. The van der Waals surface area contributed by atoms with Gasteiger partial charge in [0.15, 0.2) is 0 Å². The summed E-state index contributed by atoms with van der Waals surface area (Å²) < 4.78 is 5.26. The Labute approximate surface area is 122 Å². The van der Waals surface area contributed by atoms with Crippen molar-refractivity contribution in [3.63, 3.8) is 0 Å². The molecule has 1 aliphatic rings. The van der Waals surface area contributed by atoms with Crippen LogP contribution >= 0.6 is 0 Å². The maximum absolute atomic E-state index is 11.9. The Morgan fingerprint density at radius 2 is 2.00 bits per heavy atom. The molecule has 0 bridgehead atoms. The van der Waals surface area contributed by atoms with Crippen molar-refractivity contribution in [2.75, 3.05) is 0 Å². The molecule has 4 nitrogen and oxygen atoms in total. The number of carbonyl (C=O) groups is 1. The molecule has 1 aliphatic carbocycles. The summed E-state index contributed by atoms with van der Waals surface area (Å²) in [5.74, 6) is 0.568. The molecule has 0 aromatic carbocycles. The molecular weight excluding hydrogens is 254 g/mol. The number of aliphatic hydroxyl groups excluding tert-OH is 1. The molecule has 2 atom stereocenters. The van der Waals surface area contributed by atoms with Crippen LogP contribution < -0.4 is 5.32 Å². The second kappa shape index (κ2) is 7.67. The van der Waals surface area contributed by atoms with E-state index in [9.17, 15) is 9.90 Å². The quantitative estimate of drug-likeness (QED) is 0.760. The van der Waals surface area contributed by atoms with Crippen LogP contribution in [0.2, 0.25) is 0 Å². The van der Waals surface area contributed by atoms with Crippen LogP contribution in [0.25, 0.3) is 0 Å². The molecule has 0 aromatic heterocycles. The third-order valence-electron chi connectivity index (χ3n) is 3.67. The molecule has 1 saturated carbocycles. The average molecular weight is 283 g/mol. The summed E-state index contributed by atoms with van der Waals surface area (Å²) >= 11 is 0. The van der Waals surface area contributed by atoms with Crippen LogP contribution in [0.4, 0.5) is 4.79 Å². The first kappa shape index (κ1) is 17.0. The van der Waals surface area contributed by atoms with Gasteiger partial charge in [-0.05, 0) is 33.1 Å². The fourth-order valence-corrected chi connectivity index (χ4v) is 2.69. The number of aliphatic hydroxyl groups is 1. The SMILES string of the molecule is C=C[C@H](O)[C@H](CC1CCCCC1)NC(=O)OC(C)(C)C. The Morgan fingerprint density at radius 3 is 2.50 bits per heavy atom. The highest BCUT2D eigenvalue weighted by Crippen LogP contribution is 2.28. The molecule has 0 unspecified atom stereocenters. The minimum Gasteiger partial charge on any atom is -0.444 e. The first-order chi connectivity index (χ1) is 9.31. The second-order valence-corrected chi connectivity index (χ2v) is 6.72. The highest BCUT2D eigenvalue weighted by Gasteiger charge is 2.26. The number of alkyl carbamates (subject to hydrolysis) is 1. The molecular formula is C16H29NO3. The number of hydrogen-bond donors (Lipinski definition) is 2. The van der Waals surface area contributed by atoms with Crippen LogP contribution in [0.3, 0.4) is 0 Å². The molecule has 0 heterocycles. The molecule has 0 spiro atoms. The fourth-order valence-electron chi connectivity index (χ4n) is 2.69. The lowest BCUT2D eigenvalue weighted by atomic mass is 9.84. The van der Waals surface area contributed by atoms with E-state index in [0.717, 1.165) is 6.42 Å². The predicted octanol–water partition coefficient (Wildman–Crippen LogP) is 3.40. The van der Waals surface area contributed by atoms with Crippen molar-refractivity contribution in [2.24, 2.45) is 5.92 Å². The normalized spacial score (nSPS) is 20.0. The van der Waals surface area contributed by atoms with Crippen LogP contribution in [-0.4, -0.2) is 28.9 Å². The number of ether oxygens (including phenoxy) is 1. The Bertz CT molecular complexity index is 316. The number of hydrogen-bond acceptors (Lipinski definition) is 3. The third-order valence-corrected chi connectivity index (χ3v) is 3.67. The van der Waals surface area contributed by atoms with Gasteiger partial charge in [-0.3, -0.25) is 0 Å². The first-order valence-corrected chi connectivity index (χ1v) is 7.62. The highest BCUT2D eigenvalue weighted by molar-refractivity contribution is 5.68. The van der Waals surface area contributed by atoms with E-state index in [1.54, 1.807) is 0 Å². The zero-order valence-electron chi connectivity index (χ0n) is 13.0. The van der Waals surface area contributed by atoms with Crippen molar-refractivity contribution in [2.45, 2.75) is 77.0 Å². The van der Waals surface area contributed by atoms with Crippen molar-refractivity contribution < 1.29 is 14.6 Å². The zero-order chi connectivity index (χ0) is 15.2. The van der Waals surface area contributed by atoms with E-state index in [-0.39, 0.29) is 6.04 Å². The van der Waals surface area contributed by atoms with Gasteiger partial charge in [-0.2, -0.15) is 0 Å². The number of amides is 1. The summed E-state index contributed by atoms with van der Waals surface area (Å²) in [6, 6.07) is -0.314. The Morgan fingerprint density at radius 1 is 1.40 bits per heavy atom. The Hall–Kier alpha value is -1.03. The summed E-state index contributed by atoms with van der Waals surface area (Å²) in [5.41, 5.74) is -0.529. The fraction of sp³-hybridized carbons (Fsp3) is 0.812. The van der Waals surface area contributed by atoms with Gasteiger partial charge in [-0.1, -0.05) is 38.2 Å². The summed E-state index contributed by atoms with van der Waals surface area (Å²) in [5, 5.41) is 12.8. The van der Waals surface area contributed by atoms with E-state index < -0.39 is 17.8 Å². The lowest BCUT2D eigenvalue weighted by molar-refractivity contribution is 0.0434. The van der Waals surface area contributed by atoms with E-state index in [2.05, 4.69) is 11.9 Å². The van der Waals surface area contributed by atoms with Crippen LogP contribution in [0, 0.1) is 5.92 Å². The van der Waals surface area contributed by atoms with Gasteiger partial charge >= 0.3 is 6.09 Å². The molecule has 0 aliphatic heterocycles. The van der Waals surface area contributed by atoms with E-state index in [1.165, 1.54) is 38.2 Å². The minimum atomic E-state index is -0.732. The van der Waals surface area contributed by atoms with E-state index in [4.69, 9.17) is 4.74 Å². The monoisotopic (exact) mass is 283 g/mol. The van der Waals surface area contributed by atoms with Crippen molar-refractivity contribution in [3.05, 3.63) is 12.7 Å². The third kappa shape index (κ3) is 6.42. The van der Waals surface area contributed by atoms with Crippen LogP contribution in [0.5, 0.6) is 0 Å². The smallest absolute Gasteiger partial charge is 0.407 e. The highest BCUT2D eigenvalue weighted by atomic mass is 16.6. The summed E-state index contributed by atoms with van der Waals surface area (Å²) in [6.07, 6.45) is 7.19. The number of carbonyl (C=O) groups excluding carboxylic acids is 1. The van der Waals surface area contributed by atoms with Crippen molar-refractivity contribution in [1.82, 2.24) is 5.32 Å². The number of nitrogens with one attached hydrogen (secondary N) is 1. The Kier molecular flexibility index (Phi) is 6.53. The van der Waals surface area contributed by atoms with E-state index in [1.807, 2.05) is 20.8 Å². The summed E-state index contributed by atoms with van der Waals surface area (Å²) in [4.78, 5) is 11.9. The van der Waals surface area contributed by atoms with Crippen molar-refractivity contribution >= 4 is 6.09 Å². The number of rotatable bonds is 5. The van der Waals surface area contributed by atoms with E-state index >= 15 is 0 Å². The van der Waals surface area contributed by atoms with Gasteiger partial charge in [0, 0.05) is 0 Å². The van der Waals surface area contributed by atoms with Crippen molar-refractivity contribution in [3.8, 4) is 0 Å². The maximum Gasteiger partial charge on any atom is 0.407 e. The minimum absolute atomic E-state index is 0.314. The van der Waals surface area contributed by atoms with Crippen LogP contribution in [0.1, 0.15) is 59.3 Å². The molecule has 20 heavy (non-hydrogen) atoms. The Balaban J connectivity index is 2.55. The molecule has 0 aromatic rings. The second-order valence-electron chi connectivity index (χ2n) is 6.72. The summed E-state index contributed by atoms with van der Waals surface area (Å²) in [7, 11) is 0. The van der Waals surface area contributed by atoms with E-state index in [0.29, 0.717) is 5.92 Å². The lowest BCUT2D eigenvalue weighted by Crippen LogP contribution is -2.45. The van der Waals surface area contributed by atoms with Gasteiger partial charge in [0.05, 0.1) is 12.1 Å². The van der Waals surface area contributed by atoms with Crippen molar-refractivity contribution in [1.29, 1.82) is 0 Å². The zero-order valence-corrected chi connectivity index (χ0v) is 13.0. The summed E-state index contributed by atoms with van der Waals surface area (Å²) in [6.45, 7) is 9.09. The topological polar surface area (TPSA) is 58.6 Å². The molecule has 2 N–H and O–H groups in total. The molecule has 1 rings (SSSR count). The van der Waals surface area contributed by atoms with Gasteiger partial charge in [-0.25, -0.2) is 4.79 Å². The lowest BCUT2D eigenvalue weighted by Gasteiger charge is -2.30. The van der Waals surface area contributed by atoms with Gasteiger partial charge in [0.2, 0.25) is 0 Å². The molecule has 116 valence electrons. The van der Waals surface area contributed by atoms with Gasteiger partial charge in [-0.15, -0.1) is 6.58 Å². The van der Waals surface area contributed by atoms with Gasteiger partial charge in [0.1, 0.15) is 5.60 Å².